The van der Waals surface area contributed by atoms with Gasteiger partial charge in [-0.3, -0.25) is 4.79 Å². The maximum Gasteiger partial charge on any atom is 0.243 e. The summed E-state index contributed by atoms with van der Waals surface area (Å²) in [5.74, 6) is -2.81. The highest BCUT2D eigenvalue weighted by atomic mass is 32.2. The third kappa shape index (κ3) is 7.36. The van der Waals surface area contributed by atoms with Crippen molar-refractivity contribution >= 4 is 15.8 Å². The molecule has 6 nitrogen and oxygen atoms in total. The fourth-order valence-electron chi connectivity index (χ4n) is 6.23. The average Bonchev–Trinajstić information content (AvgIpc) is 3.01. The minimum Gasteiger partial charge on any atom is -0.321 e. The molecule has 0 bridgehead atoms. The van der Waals surface area contributed by atoms with Gasteiger partial charge in [-0.2, -0.15) is 4.31 Å². The number of nitrogens with two attached hydrogens (primary N) is 1. The van der Waals surface area contributed by atoms with E-state index >= 15 is 4.39 Å². The lowest BCUT2D eigenvalue weighted by Gasteiger charge is -2.40. The van der Waals surface area contributed by atoms with E-state index in [4.69, 9.17) is 5.73 Å². The van der Waals surface area contributed by atoms with Crippen molar-refractivity contribution in [1.29, 1.82) is 0 Å². The molecule has 3 atom stereocenters. The zero-order chi connectivity index (χ0) is 32.1. The van der Waals surface area contributed by atoms with E-state index in [0.717, 1.165) is 0 Å². The SMILES string of the molecule is C[C@H]1CNC[C@H](CCc2c(F)cccc2CC(=O)[C@@H](N)C(c2cccc(F)c2)c2cccc(F)c2)N1S(=O)(=O)c1ccccc1. The van der Waals surface area contributed by atoms with E-state index in [1.54, 1.807) is 48.5 Å². The molecule has 0 spiro atoms. The van der Waals surface area contributed by atoms with Gasteiger partial charge in [-0.1, -0.05) is 54.6 Å². The fourth-order valence-corrected chi connectivity index (χ4v) is 8.10. The summed E-state index contributed by atoms with van der Waals surface area (Å²) >= 11 is 0. The van der Waals surface area contributed by atoms with Crippen LogP contribution in [0.5, 0.6) is 0 Å². The van der Waals surface area contributed by atoms with Crippen LogP contribution in [0.2, 0.25) is 0 Å². The van der Waals surface area contributed by atoms with Crippen molar-refractivity contribution < 1.29 is 26.4 Å². The Morgan fingerprint density at radius 1 is 0.889 bits per heavy atom. The Hall–Kier alpha value is -3.83. The predicted octanol–water partition coefficient (Wildman–Crippen LogP) is 5.36. The molecule has 1 saturated heterocycles. The van der Waals surface area contributed by atoms with Gasteiger partial charge in [0, 0.05) is 37.5 Å². The number of nitrogens with zero attached hydrogens (tertiary/aromatic N) is 1. The van der Waals surface area contributed by atoms with Crippen LogP contribution < -0.4 is 11.1 Å². The summed E-state index contributed by atoms with van der Waals surface area (Å²) in [6.07, 6.45) is 0.287. The first-order valence-corrected chi connectivity index (χ1v) is 16.3. The summed E-state index contributed by atoms with van der Waals surface area (Å²) in [6, 6.07) is 22.1. The molecule has 4 aromatic carbocycles. The van der Waals surface area contributed by atoms with Gasteiger partial charge in [0.1, 0.15) is 17.5 Å². The third-order valence-electron chi connectivity index (χ3n) is 8.39. The van der Waals surface area contributed by atoms with Crippen LogP contribution in [0.25, 0.3) is 0 Å². The number of rotatable bonds is 11. The van der Waals surface area contributed by atoms with Gasteiger partial charge >= 0.3 is 0 Å². The molecule has 0 radical (unpaired) electrons. The molecule has 236 valence electrons. The standard InChI is InChI=1S/C35H36F3N3O3S/c1-23-21-40-22-29(41(23)45(43,44)30-13-3-2-4-14-30)16-17-31-24(8-7-15-32(31)38)20-33(42)35(39)34(25-9-5-11-27(36)18-25)26-10-6-12-28(37)19-26/h2-15,18-19,23,29,34-35,40H,16-17,20-22,39H2,1H3/t23-,29-,35+/m0/s1. The van der Waals surface area contributed by atoms with Crippen molar-refractivity contribution in [2.24, 2.45) is 5.73 Å². The summed E-state index contributed by atoms with van der Waals surface area (Å²) in [6.45, 7) is 2.71. The predicted molar refractivity (Wildman–Crippen MR) is 168 cm³/mol. The van der Waals surface area contributed by atoms with Crippen LogP contribution in [-0.4, -0.2) is 49.7 Å². The lowest BCUT2D eigenvalue weighted by Crippen LogP contribution is -2.58. The minimum absolute atomic E-state index is 0.182. The first-order chi connectivity index (χ1) is 21.6. The van der Waals surface area contributed by atoms with Crippen molar-refractivity contribution in [2.75, 3.05) is 13.1 Å². The molecular formula is C35H36F3N3O3S. The van der Waals surface area contributed by atoms with E-state index in [0.29, 0.717) is 41.8 Å². The van der Waals surface area contributed by atoms with E-state index in [9.17, 15) is 22.0 Å². The van der Waals surface area contributed by atoms with Crippen molar-refractivity contribution in [2.45, 2.75) is 55.1 Å². The maximum atomic E-state index is 15.3. The van der Waals surface area contributed by atoms with Crippen LogP contribution in [-0.2, 0) is 27.7 Å². The molecule has 1 aliphatic rings. The van der Waals surface area contributed by atoms with Gasteiger partial charge in [-0.15, -0.1) is 0 Å². The van der Waals surface area contributed by atoms with Crippen LogP contribution in [0.15, 0.2) is 102 Å². The number of nitrogens with one attached hydrogen (secondary N) is 1. The number of ketones is 1. The largest absolute Gasteiger partial charge is 0.321 e. The third-order valence-corrected chi connectivity index (χ3v) is 10.5. The normalized spacial score (nSPS) is 18.2. The number of piperazine rings is 1. The number of hydrogen-bond acceptors (Lipinski definition) is 5. The highest BCUT2D eigenvalue weighted by molar-refractivity contribution is 7.89. The lowest BCUT2D eigenvalue weighted by atomic mass is 9.82. The molecule has 0 unspecified atom stereocenters. The zero-order valence-electron chi connectivity index (χ0n) is 24.9. The quantitative estimate of drug-likeness (QED) is 0.232. The molecule has 10 heteroatoms. The number of benzene rings is 4. The molecular weight excluding hydrogens is 599 g/mol. The Balaban J connectivity index is 1.39. The summed E-state index contributed by atoms with van der Waals surface area (Å²) in [7, 11) is -3.81. The molecule has 0 saturated carbocycles. The molecule has 45 heavy (non-hydrogen) atoms. The van der Waals surface area contributed by atoms with Crippen LogP contribution in [0.1, 0.15) is 41.5 Å². The average molecular weight is 636 g/mol. The maximum absolute atomic E-state index is 15.3. The van der Waals surface area contributed by atoms with Crippen molar-refractivity contribution in [3.63, 3.8) is 0 Å². The molecule has 0 aliphatic carbocycles. The number of halogens is 3. The fraction of sp³-hybridized carbons (Fsp3) is 0.286. The van der Waals surface area contributed by atoms with Crippen LogP contribution in [0.3, 0.4) is 0 Å². The van der Waals surface area contributed by atoms with Gasteiger partial charge in [0.2, 0.25) is 10.0 Å². The molecule has 0 amide bonds. The molecule has 3 N–H and O–H groups in total. The van der Waals surface area contributed by atoms with Gasteiger partial charge < -0.3 is 11.1 Å². The Morgan fingerprint density at radius 2 is 1.51 bits per heavy atom. The highest BCUT2D eigenvalue weighted by Gasteiger charge is 2.38. The van der Waals surface area contributed by atoms with Gasteiger partial charge in [-0.25, -0.2) is 21.6 Å². The Bertz CT molecular complexity index is 1710. The Morgan fingerprint density at radius 3 is 2.13 bits per heavy atom. The molecule has 5 rings (SSSR count). The summed E-state index contributed by atoms with van der Waals surface area (Å²) < 4.78 is 72.5. The van der Waals surface area contributed by atoms with Crippen LogP contribution in [0, 0.1) is 17.5 Å². The number of hydrogen-bond donors (Lipinski definition) is 2. The summed E-state index contributed by atoms with van der Waals surface area (Å²) in [4.78, 5) is 13.9. The van der Waals surface area contributed by atoms with E-state index in [-0.39, 0.29) is 23.8 Å². The number of carbonyl (C=O) groups is 1. The van der Waals surface area contributed by atoms with Gasteiger partial charge in [-0.05, 0) is 84.5 Å². The van der Waals surface area contributed by atoms with E-state index in [1.165, 1.54) is 52.8 Å². The second-order valence-corrected chi connectivity index (χ2v) is 13.3. The first-order valence-electron chi connectivity index (χ1n) is 14.9. The Kier molecular flexibility index (Phi) is 10.2. The molecule has 1 heterocycles. The van der Waals surface area contributed by atoms with Crippen molar-refractivity contribution in [1.82, 2.24) is 9.62 Å². The zero-order valence-corrected chi connectivity index (χ0v) is 25.7. The lowest BCUT2D eigenvalue weighted by molar-refractivity contribution is -0.119. The van der Waals surface area contributed by atoms with Gasteiger partial charge in [0.15, 0.2) is 5.78 Å². The van der Waals surface area contributed by atoms with Crippen LogP contribution >= 0.6 is 0 Å². The van der Waals surface area contributed by atoms with Crippen molar-refractivity contribution in [3.05, 3.63) is 137 Å². The van der Waals surface area contributed by atoms with E-state index in [2.05, 4.69) is 5.32 Å². The second kappa shape index (κ2) is 14.1. The topological polar surface area (TPSA) is 92.5 Å². The minimum atomic E-state index is -3.81. The molecule has 0 aromatic heterocycles. The monoisotopic (exact) mass is 635 g/mol. The molecule has 1 fully saturated rings. The smallest absolute Gasteiger partial charge is 0.243 e. The molecule has 1 aliphatic heterocycles. The summed E-state index contributed by atoms with van der Waals surface area (Å²) in [5.41, 5.74) is 8.09. The van der Waals surface area contributed by atoms with E-state index in [1.807, 2.05) is 6.92 Å². The van der Waals surface area contributed by atoms with Gasteiger partial charge in [0.25, 0.3) is 0 Å². The van der Waals surface area contributed by atoms with Crippen LogP contribution in [0.4, 0.5) is 13.2 Å². The Labute approximate surface area is 262 Å². The highest BCUT2D eigenvalue weighted by Crippen LogP contribution is 2.31. The second-order valence-electron chi connectivity index (χ2n) is 11.5. The first kappa shape index (κ1) is 32.6. The number of Topliss-reactive ketones (excluding diaryl/α,β-unsaturated/α-hetero) is 1. The van der Waals surface area contributed by atoms with E-state index < -0.39 is 51.3 Å². The number of sulfonamides is 1. The van der Waals surface area contributed by atoms with Gasteiger partial charge in [0.05, 0.1) is 10.9 Å². The molecule has 4 aromatic rings. The summed E-state index contributed by atoms with van der Waals surface area (Å²) in [5, 5.41) is 3.28. The van der Waals surface area contributed by atoms with Crippen molar-refractivity contribution in [3.8, 4) is 0 Å². The number of carbonyl (C=O) groups excluding carboxylic acids is 1.